The van der Waals surface area contributed by atoms with Crippen LogP contribution < -0.4 is 0 Å². The summed E-state index contributed by atoms with van der Waals surface area (Å²) in [5.74, 6) is 1.74. The largest absolute Gasteiger partial charge is 0.377 e. The Bertz CT molecular complexity index is 451. The molecule has 0 bridgehead atoms. The standard InChI is InChI=1S/C19H30O/c1-13-5-4-9-19(3)15(13)7-6-14-16(19)8-10-18(2)11-12-20-17(14)18/h14,16-17H,4-12H2,1-3H3/t14-,16-,17+,18+,19-/m0/s1. The van der Waals surface area contributed by atoms with Gasteiger partial charge in [-0.15, -0.1) is 0 Å². The van der Waals surface area contributed by atoms with Crippen molar-refractivity contribution in [2.45, 2.75) is 78.2 Å². The van der Waals surface area contributed by atoms with Crippen molar-refractivity contribution in [2.24, 2.45) is 22.7 Å². The highest BCUT2D eigenvalue weighted by molar-refractivity contribution is 5.28. The Morgan fingerprint density at radius 1 is 1.05 bits per heavy atom. The van der Waals surface area contributed by atoms with Crippen LogP contribution in [0, 0.1) is 22.7 Å². The molecule has 0 unspecified atom stereocenters. The number of rotatable bonds is 0. The first-order chi connectivity index (χ1) is 9.55. The van der Waals surface area contributed by atoms with Crippen molar-refractivity contribution in [1.82, 2.24) is 0 Å². The van der Waals surface area contributed by atoms with Crippen molar-refractivity contribution in [3.8, 4) is 0 Å². The van der Waals surface area contributed by atoms with Gasteiger partial charge in [0.15, 0.2) is 0 Å². The van der Waals surface area contributed by atoms with Gasteiger partial charge in [-0.2, -0.15) is 0 Å². The van der Waals surface area contributed by atoms with E-state index in [-0.39, 0.29) is 0 Å². The molecule has 4 aliphatic rings. The Balaban J connectivity index is 1.71. The summed E-state index contributed by atoms with van der Waals surface area (Å²) in [6.45, 7) is 8.52. The van der Waals surface area contributed by atoms with Gasteiger partial charge < -0.3 is 4.74 Å². The van der Waals surface area contributed by atoms with Crippen molar-refractivity contribution < 1.29 is 4.74 Å². The van der Waals surface area contributed by atoms with Crippen molar-refractivity contribution in [2.75, 3.05) is 6.61 Å². The lowest BCUT2D eigenvalue weighted by Crippen LogP contribution is -2.52. The zero-order chi connectivity index (χ0) is 14.0. The first-order valence-electron chi connectivity index (χ1n) is 8.85. The highest BCUT2D eigenvalue weighted by Crippen LogP contribution is 2.62. The lowest BCUT2D eigenvalue weighted by atomic mass is 9.48. The van der Waals surface area contributed by atoms with Gasteiger partial charge in [-0.25, -0.2) is 0 Å². The van der Waals surface area contributed by atoms with Crippen LogP contribution in [0.1, 0.15) is 72.1 Å². The lowest BCUT2D eigenvalue weighted by Gasteiger charge is -2.57. The van der Waals surface area contributed by atoms with E-state index >= 15 is 0 Å². The Kier molecular flexibility index (Phi) is 2.91. The quantitative estimate of drug-likeness (QED) is 0.558. The summed E-state index contributed by atoms with van der Waals surface area (Å²) in [5, 5.41) is 0. The minimum absolute atomic E-state index is 0.502. The Labute approximate surface area is 124 Å². The molecule has 1 saturated heterocycles. The molecule has 1 nitrogen and oxygen atoms in total. The fourth-order valence-corrected chi connectivity index (χ4v) is 6.45. The van der Waals surface area contributed by atoms with E-state index in [1.165, 1.54) is 51.4 Å². The van der Waals surface area contributed by atoms with E-state index in [9.17, 15) is 0 Å². The molecule has 1 heteroatoms. The molecule has 4 rings (SSSR count). The minimum atomic E-state index is 0.502. The molecule has 1 aliphatic heterocycles. The van der Waals surface area contributed by atoms with Gasteiger partial charge in [-0.05, 0) is 81.0 Å². The van der Waals surface area contributed by atoms with Crippen LogP contribution in [0.25, 0.3) is 0 Å². The SMILES string of the molecule is CC1=C2CC[C@@H]3[C@H]4OCC[C@@]4(C)CC[C@@H]3[C@@]2(C)CCC1. The third-order valence-corrected chi connectivity index (χ3v) is 7.59. The highest BCUT2D eigenvalue weighted by Gasteiger charge is 2.57. The van der Waals surface area contributed by atoms with Crippen LogP contribution >= 0.6 is 0 Å². The number of allylic oxidation sites excluding steroid dienone is 2. The normalized spacial score (nSPS) is 51.5. The summed E-state index contributed by atoms with van der Waals surface area (Å²) in [6.07, 6.45) is 11.7. The summed E-state index contributed by atoms with van der Waals surface area (Å²) in [4.78, 5) is 0. The van der Waals surface area contributed by atoms with Crippen LogP contribution in [0.2, 0.25) is 0 Å². The second kappa shape index (κ2) is 4.35. The number of hydrogen-bond acceptors (Lipinski definition) is 1. The Hall–Kier alpha value is -0.300. The van der Waals surface area contributed by atoms with E-state index in [4.69, 9.17) is 4.74 Å². The van der Waals surface area contributed by atoms with Crippen LogP contribution in [-0.4, -0.2) is 12.7 Å². The van der Waals surface area contributed by atoms with Crippen LogP contribution in [0.15, 0.2) is 11.1 Å². The highest BCUT2D eigenvalue weighted by atomic mass is 16.5. The molecule has 20 heavy (non-hydrogen) atoms. The maximum Gasteiger partial charge on any atom is 0.0660 e. The van der Waals surface area contributed by atoms with Crippen molar-refractivity contribution >= 4 is 0 Å². The predicted octanol–water partition coefficient (Wildman–Crippen LogP) is 5.11. The molecule has 0 aromatic rings. The third kappa shape index (κ3) is 1.65. The summed E-state index contributed by atoms with van der Waals surface area (Å²) >= 11 is 0. The van der Waals surface area contributed by atoms with Crippen LogP contribution in [-0.2, 0) is 4.74 Å². The lowest BCUT2D eigenvalue weighted by molar-refractivity contribution is -0.0900. The maximum atomic E-state index is 6.26. The molecule has 0 spiro atoms. The summed E-state index contributed by atoms with van der Waals surface area (Å²) in [6, 6.07) is 0. The van der Waals surface area contributed by atoms with Gasteiger partial charge in [0.1, 0.15) is 0 Å². The smallest absolute Gasteiger partial charge is 0.0660 e. The maximum absolute atomic E-state index is 6.26. The molecule has 0 amide bonds. The van der Waals surface area contributed by atoms with E-state index in [0.29, 0.717) is 16.9 Å². The van der Waals surface area contributed by atoms with Crippen LogP contribution in [0.4, 0.5) is 0 Å². The van der Waals surface area contributed by atoms with Gasteiger partial charge in [-0.3, -0.25) is 0 Å². The summed E-state index contributed by atoms with van der Waals surface area (Å²) < 4.78 is 6.26. The molecule has 112 valence electrons. The average Bonchev–Trinajstić information content (AvgIpc) is 2.80. The molecule has 2 saturated carbocycles. The molecule has 5 atom stereocenters. The van der Waals surface area contributed by atoms with Gasteiger partial charge in [0.2, 0.25) is 0 Å². The average molecular weight is 274 g/mol. The topological polar surface area (TPSA) is 9.23 Å². The van der Waals surface area contributed by atoms with Gasteiger partial charge in [0.05, 0.1) is 6.10 Å². The first kappa shape index (κ1) is 13.4. The zero-order valence-electron chi connectivity index (χ0n) is 13.5. The molecule has 0 aromatic carbocycles. The summed E-state index contributed by atoms with van der Waals surface area (Å²) in [7, 11) is 0. The van der Waals surface area contributed by atoms with Gasteiger partial charge in [0, 0.05) is 6.61 Å². The van der Waals surface area contributed by atoms with E-state index < -0.39 is 0 Å². The molecular weight excluding hydrogens is 244 g/mol. The van der Waals surface area contributed by atoms with E-state index in [0.717, 1.165) is 18.4 Å². The van der Waals surface area contributed by atoms with E-state index in [2.05, 4.69) is 20.8 Å². The number of fused-ring (bicyclic) bond motifs is 5. The Morgan fingerprint density at radius 3 is 2.75 bits per heavy atom. The van der Waals surface area contributed by atoms with Gasteiger partial charge >= 0.3 is 0 Å². The monoisotopic (exact) mass is 274 g/mol. The van der Waals surface area contributed by atoms with E-state index in [1.54, 1.807) is 5.57 Å². The van der Waals surface area contributed by atoms with Gasteiger partial charge in [0.25, 0.3) is 0 Å². The summed E-state index contributed by atoms with van der Waals surface area (Å²) in [5.41, 5.74) is 4.60. The van der Waals surface area contributed by atoms with E-state index in [1.807, 2.05) is 5.57 Å². The molecule has 0 radical (unpaired) electrons. The Morgan fingerprint density at radius 2 is 1.90 bits per heavy atom. The fourth-order valence-electron chi connectivity index (χ4n) is 6.45. The molecule has 3 fully saturated rings. The fraction of sp³-hybridized carbons (Fsp3) is 0.895. The predicted molar refractivity (Wildman–Crippen MR) is 82.6 cm³/mol. The number of ether oxygens (including phenoxy) is 1. The van der Waals surface area contributed by atoms with Crippen molar-refractivity contribution in [3.05, 3.63) is 11.1 Å². The molecule has 1 heterocycles. The minimum Gasteiger partial charge on any atom is -0.377 e. The van der Waals surface area contributed by atoms with Crippen molar-refractivity contribution in [3.63, 3.8) is 0 Å². The molecule has 3 aliphatic carbocycles. The first-order valence-corrected chi connectivity index (χ1v) is 8.85. The van der Waals surface area contributed by atoms with Crippen LogP contribution in [0.5, 0.6) is 0 Å². The second-order valence-electron chi connectivity index (χ2n) is 8.57. The third-order valence-electron chi connectivity index (χ3n) is 7.59. The zero-order valence-corrected chi connectivity index (χ0v) is 13.5. The van der Waals surface area contributed by atoms with Gasteiger partial charge in [-0.1, -0.05) is 25.0 Å². The molecule has 0 aromatic heterocycles. The number of hydrogen-bond donors (Lipinski definition) is 0. The molecular formula is C19H30O. The second-order valence-corrected chi connectivity index (χ2v) is 8.57. The van der Waals surface area contributed by atoms with Crippen LogP contribution in [0.3, 0.4) is 0 Å². The van der Waals surface area contributed by atoms with Crippen molar-refractivity contribution in [1.29, 1.82) is 0 Å². The molecule has 0 N–H and O–H groups in total.